The molecule has 1 unspecified atom stereocenters. The Kier molecular flexibility index (Phi) is 5.27. The summed E-state index contributed by atoms with van der Waals surface area (Å²) in [5.41, 5.74) is 4.51. The number of nitrogens with zero attached hydrogens (tertiary/aromatic N) is 4. The molecule has 3 aromatic rings. The van der Waals surface area contributed by atoms with Gasteiger partial charge in [-0.15, -0.1) is 11.3 Å². The molecular weight excluding hydrogens is 442 g/mol. The Morgan fingerprint density at radius 1 is 1.46 bits per heavy atom. The minimum atomic E-state index is -0.661. The molecule has 1 aliphatic heterocycles. The van der Waals surface area contributed by atoms with E-state index in [4.69, 9.17) is 4.84 Å². The van der Waals surface area contributed by atoms with Crippen molar-refractivity contribution in [2.45, 2.75) is 32.9 Å². The van der Waals surface area contributed by atoms with E-state index >= 15 is 0 Å². The Bertz CT molecular complexity index is 1060. The number of thiazole rings is 1. The summed E-state index contributed by atoms with van der Waals surface area (Å²) in [7, 11) is 0. The number of hydrogen-bond acceptors (Lipinski definition) is 6. The first-order valence-electron chi connectivity index (χ1n) is 8.83. The molecule has 144 valence electrons. The predicted octanol–water partition coefficient (Wildman–Crippen LogP) is 4.23. The van der Waals surface area contributed by atoms with Crippen LogP contribution in [-0.4, -0.2) is 32.5 Å². The fourth-order valence-electron chi connectivity index (χ4n) is 3.01. The van der Waals surface area contributed by atoms with Gasteiger partial charge in [0.2, 0.25) is 6.10 Å². The van der Waals surface area contributed by atoms with Gasteiger partial charge in [-0.1, -0.05) is 33.2 Å². The molecule has 1 amide bonds. The van der Waals surface area contributed by atoms with Crippen LogP contribution >= 0.6 is 27.3 Å². The van der Waals surface area contributed by atoms with E-state index < -0.39 is 6.10 Å². The zero-order valence-corrected chi connectivity index (χ0v) is 17.7. The summed E-state index contributed by atoms with van der Waals surface area (Å²) in [6.45, 7) is 4.86. The highest BCUT2D eigenvalue weighted by Gasteiger charge is 2.29. The van der Waals surface area contributed by atoms with E-state index in [1.165, 1.54) is 11.3 Å². The van der Waals surface area contributed by atoms with Crippen LogP contribution in [0, 0.1) is 6.92 Å². The fourth-order valence-corrected chi connectivity index (χ4v) is 4.13. The van der Waals surface area contributed by atoms with E-state index in [-0.39, 0.29) is 5.91 Å². The van der Waals surface area contributed by atoms with Crippen LogP contribution in [0.15, 0.2) is 45.5 Å². The van der Waals surface area contributed by atoms with Crippen molar-refractivity contribution in [3.63, 3.8) is 0 Å². The molecule has 7 nitrogen and oxygen atoms in total. The van der Waals surface area contributed by atoms with E-state index in [2.05, 4.69) is 36.5 Å². The normalized spacial score (nSPS) is 16.0. The van der Waals surface area contributed by atoms with Gasteiger partial charge in [0.05, 0.1) is 17.6 Å². The number of anilines is 1. The summed E-state index contributed by atoms with van der Waals surface area (Å²) in [4.78, 5) is 22.4. The number of aryl methyl sites for hydroxylation is 1. The van der Waals surface area contributed by atoms with E-state index in [1.807, 2.05) is 48.2 Å². The van der Waals surface area contributed by atoms with Crippen molar-refractivity contribution < 1.29 is 9.63 Å². The number of halogens is 1. The van der Waals surface area contributed by atoms with Crippen molar-refractivity contribution >= 4 is 44.0 Å². The molecule has 1 aliphatic rings. The van der Waals surface area contributed by atoms with Gasteiger partial charge in [-0.3, -0.25) is 14.8 Å². The number of nitrogens with one attached hydrogen (secondary N) is 1. The largest absolute Gasteiger partial charge is 0.382 e. The molecule has 2 aromatic heterocycles. The minimum absolute atomic E-state index is 0.254. The summed E-state index contributed by atoms with van der Waals surface area (Å²) >= 11 is 4.82. The van der Waals surface area contributed by atoms with Crippen LogP contribution in [0.25, 0.3) is 11.3 Å². The molecule has 1 aromatic carbocycles. The molecule has 0 bridgehead atoms. The van der Waals surface area contributed by atoms with E-state index in [1.54, 1.807) is 6.20 Å². The number of rotatable bonds is 5. The Labute approximate surface area is 174 Å². The highest BCUT2D eigenvalue weighted by molar-refractivity contribution is 9.10. The Hall–Kier alpha value is -2.52. The second-order valence-corrected chi connectivity index (χ2v) is 8.11. The summed E-state index contributed by atoms with van der Waals surface area (Å²) in [5.74, 6) is -0.254. The van der Waals surface area contributed by atoms with Crippen molar-refractivity contribution in [3.8, 4) is 11.3 Å². The molecule has 4 rings (SSSR count). The number of benzene rings is 1. The number of oxime groups is 1. The zero-order chi connectivity index (χ0) is 19.7. The third-order valence-electron chi connectivity index (χ3n) is 4.53. The number of hydrogen-bond donors (Lipinski definition) is 1. The quantitative estimate of drug-likeness (QED) is 0.618. The first kappa shape index (κ1) is 18.8. The molecule has 1 N–H and O–H groups in total. The predicted molar refractivity (Wildman–Crippen MR) is 113 cm³/mol. The highest BCUT2D eigenvalue weighted by Crippen LogP contribution is 2.28. The lowest BCUT2D eigenvalue weighted by molar-refractivity contribution is -0.125. The van der Waals surface area contributed by atoms with E-state index in [0.717, 1.165) is 39.2 Å². The average Bonchev–Trinajstić information content (AvgIpc) is 3.41. The third kappa shape index (κ3) is 3.72. The molecule has 0 saturated heterocycles. The summed E-state index contributed by atoms with van der Waals surface area (Å²) in [5, 5.41) is 13.7. The SMILES string of the molecule is CCn1ncc(-c2csc(NC(=O)C3CC(c4cccc(Br)c4)=NO3)n2)c1C. The van der Waals surface area contributed by atoms with Crippen molar-refractivity contribution in [2.24, 2.45) is 5.16 Å². The maximum atomic E-state index is 12.6. The van der Waals surface area contributed by atoms with Gasteiger partial charge in [0, 0.05) is 39.6 Å². The highest BCUT2D eigenvalue weighted by atomic mass is 79.9. The maximum Gasteiger partial charge on any atom is 0.270 e. The molecule has 1 atom stereocenters. The second kappa shape index (κ2) is 7.84. The molecule has 0 spiro atoms. The summed E-state index contributed by atoms with van der Waals surface area (Å²) in [6.07, 6.45) is 1.56. The Morgan fingerprint density at radius 2 is 2.32 bits per heavy atom. The van der Waals surface area contributed by atoms with Crippen LogP contribution in [-0.2, 0) is 16.2 Å². The van der Waals surface area contributed by atoms with Crippen LogP contribution in [0.1, 0.15) is 24.6 Å². The number of amides is 1. The van der Waals surface area contributed by atoms with E-state index in [0.29, 0.717) is 11.6 Å². The topological polar surface area (TPSA) is 81.4 Å². The lowest BCUT2D eigenvalue weighted by Crippen LogP contribution is -2.28. The standard InChI is InChI=1S/C19H18BrN5O2S/c1-3-25-11(2)14(9-21-25)16-10-28-19(22-16)23-18(26)17-8-15(24-27-17)12-5-4-6-13(20)7-12/h4-7,9-10,17H,3,8H2,1-2H3,(H,22,23,26). The lowest BCUT2D eigenvalue weighted by Gasteiger charge is -2.07. The van der Waals surface area contributed by atoms with E-state index in [9.17, 15) is 4.79 Å². The van der Waals surface area contributed by atoms with Gasteiger partial charge in [0.1, 0.15) is 0 Å². The van der Waals surface area contributed by atoms with Crippen LogP contribution in [0.3, 0.4) is 0 Å². The molecule has 3 heterocycles. The van der Waals surface area contributed by atoms with Crippen molar-refractivity contribution in [3.05, 3.63) is 51.6 Å². The van der Waals surface area contributed by atoms with Crippen molar-refractivity contribution in [2.75, 3.05) is 5.32 Å². The molecule has 0 aliphatic carbocycles. The fraction of sp³-hybridized carbons (Fsp3) is 0.263. The molecule has 0 fully saturated rings. The Morgan fingerprint density at radius 3 is 3.07 bits per heavy atom. The molecule has 0 radical (unpaired) electrons. The number of carbonyl (C=O) groups excluding carboxylic acids is 1. The minimum Gasteiger partial charge on any atom is -0.382 e. The molecule has 28 heavy (non-hydrogen) atoms. The number of carbonyl (C=O) groups is 1. The lowest BCUT2D eigenvalue weighted by atomic mass is 10.1. The van der Waals surface area contributed by atoms with Gasteiger partial charge in [-0.05, 0) is 26.0 Å². The Balaban J connectivity index is 1.41. The maximum absolute atomic E-state index is 12.6. The first-order valence-corrected chi connectivity index (χ1v) is 10.5. The third-order valence-corrected chi connectivity index (χ3v) is 5.78. The monoisotopic (exact) mass is 459 g/mol. The first-order chi connectivity index (χ1) is 13.5. The van der Waals surface area contributed by atoms with Crippen LogP contribution in [0.2, 0.25) is 0 Å². The van der Waals surface area contributed by atoms with Gasteiger partial charge < -0.3 is 4.84 Å². The van der Waals surface area contributed by atoms with Gasteiger partial charge in [0.25, 0.3) is 5.91 Å². The van der Waals surface area contributed by atoms with Gasteiger partial charge in [0.15, 0.2) is 5.13 Å². The molecule has 9 heteroatoms. The zero-order valence-electron chi connectivity index (χ0n) is 15.3. The van der Waals surface area contributed by atoms with Crippen molar-refractivity contribution in [1.82, 2.24) is 14.8 Å². The van der Waals surface area contributed by atoms with Crippen LogP contribution < -0.4 is 5.32 Å². The average molecular weight is 460 g/mol. The number of aromatic nitrogens is 3. The summed E-state index contributed by atoms with van der Waals surface area (Å²) in [6, 6.07) is 7.76. The van der Waals surface area contributed by atoms with Crippen molar-refractivity contribution in [1.29, 1.82) is 0 Å². The van der Waals surface area contributed by atoms with Gasteiger partial charge in [-0.25, -0.2) is 4.98 Å². The summed E-state index contributed by atoms with van der Waals surface area (Å²) < 4.78 is 2.87. The van der Waals surface area contributed by atoms with Crippen LogP contribution in [0.5, 0.6) is 0 Å². The van der Waals surface area contributed by atoms with Gasteiger partial charge >= 0.3 is 0 Å². The van der Waals surface area contributed by atoms with Gasteiger partial charge in [-0.2, -0.15) is 5.10 Å². The van der Waals surface area contributed by atoms with Crippen LogP contribution in [0.4, 0.5) is 5.13 Å². The molecular formula is C19H18BrN5O2S. The second-order valence-electron chi connectivity index (χ2n) is 6.33. The smallest absolute Gasteiger partial charge is 0.270 e. The molecule has 0 saturated carbocycles.